The molecule has 172 valence electrons. The van der Waals surface area contributed by atoms with Crippen molar-refractivity contribution in [2.24, 2.45) is 5.73 Å². The normalized spacial score (nSPS) is 16.1. The van der Waals surface area contributed by atoms with Gasteiger partial charge in [0.2, 0.25) is 5.91 Å². The highest BCUT2D eigenvalue weighted by atomic mass is 16.1. The van der Waals surface area contributed by atoms with Crippen LogP contribution in [0.5, 0.6) is 0 Å². The van der Waals surface area contributed by atoms with Crippen LogP contribution in [0.15, 0.2) is 48.8 Å². The first-order chi connectivity index (χ1) is 16.6. The summed E-state index contributed by atoms with van der Waals surface area (Å²) >= 11 is 0. The lowest BCUT2D eigenvalue weighted by Crippen LogP contribution is -2.49. The van der Waals surface area contributed by atoms with Crippen molar-refractivity contribution in [3.8, 4) is 17.3 Å². The predicted octanol–water partition coefficient (Wildman–Crippen LogP) is 2.64. The van der Waals surface area contributed by atoms with Crippen molar-refractivity contribution in [1.82, 2.24) is 19.9 Å². The fourth-order valence-electron chi connectivity index (χ4n) is 4.20. The van der Waals surface area contributed by atoms with Gasteiger partial charge in [-0.25, -0.2) is 15.0 Å². The number of hydrogen-bond donors (Lipinski definition) is 2. The zero-order chi connectivity index (χ0) is 23.5. The molecule has 1 saturated heterocycles. The smallest absolute Gasteiger partial charge is 0.231 e. The Kier molecular flexibility index (Phi) is 6.06. The van der Waals surface area contributed by atoms with Gasteiger partial charge in [0.25, 0.3) is 0 Å². The molecule has 1 aliphatic heterocycles. The fraction of sp³-hybridized carbons (Fsp3) is 0.320. The van der Waals surface area contributed by atoms with Gasteiger partial charge >= 0.3 is 0 Å². The van der Waals surface area contributed by atoms with E-state index in [-0.39, 0.29) is 5.91 Å². The van der Waals surface area contributed by atoms with Gasteiger partial charge in [0.1, 0.15) is 17.5 Å². The van der Waals surface area contributed by atoms with E-state index < -0.39 is 0 Å². The van der Waals surface area contributed by atoms with Crippen LogP contribution in [0.2, 0.25) is 0 Å². The van der Waals surface area contributed by atoms with Crippen LogP contribution in [-0.4, -0.2) is 58.5 Å². The number of amides is 1. The zero-order valence-electron chi connectivity index (χ0n) is 18.8. The summed E-state index contributed by atoms with van der Waals surface area (Å²) in [6.45, 7) is 3.48. The Labute approximate surface area is 198 Å². The summed E-state index contributed by atoms with van der Waals surface area (Å²) in [4.78, 5) is 29.2. The van der Waals surface area contributed by atoms with Crippen molar-refractivity contribution < 1.29 is 4.79 Å². The molecule has 0 unspecified atom stereocenters. The maximum Gasteiger partial charge on any atom is 0.231 e. The number of pyridine rings is 3. The van der Waals surface area contributed by atoms with Crippen LogP contribution in [0, 0.1) is 11.3 Å². The number of hydrogen-bond acceptors (Lipinski definition) is 8. The largest absolute Gasteiger partial charge is 0.369 e. The van der Waals surface area contributed by atoms with E-state index in [1.54, 1.807) is 18.3 Å². The molecule has 1 saturated carbocycles. The highest BCUT2D eigenvalue weighted by Gasteiger charge is 2.25. The highest BCUT2D eigenvalue weighted by Crippen LogP contribution is 2.42. The molecule has 1 aliphatic carbocycles. The second-order valence-corrected chi connectivity index (χ2v) is 8.75. The minimum Gasteiger partial charge on any atom is -0.369 e. The van der Waals surface area contributed by atoms with Crippen LogP contribution in [0.4, 0.5) is 17.5 Å². The van der Waals surface area contributed by atoms with E-state index in [4.69, 9.17) is 21.0 Å². The van der Waals surface area contributed by atoms with Gasteiger partial charge in [0, 0.05) is 44.1 Å². The number of piperazine rings is 1. The summed E-state index contributed by atoms with van der Waals surface area (Å²) in [5.74, 6) is 2.48. The summed E-state index contributed by atoms with van der Waals surface area (Å²) in [5, 5.41) is 12.4. The van der Waals surface area contributed by atoms with Crippen LogP contribution in [0.1, 0.15) is 29.9 Å². The molecule has 2 aliphatic rings. The van der Waals surface area contributed by atoms with Gasteiger partial charge in [-0.15, -0.1) is 0 Å². The standard InChI is InChI=1S/C25H26N8O/c26-14-17-5-6-28-23(11-17)31-24-13-20(18-1-2-18)12-21(30-24)19-3-4-25(29-15-19)33-9-7-32(8-10-33)16-22(27)34/h3-6,11-13,15,18H,1-2,7-10,16H2,(H2,27,34)(H,28,30,31). The minimum absolute atomic E-state index is 0.292. The van der Waals surface area contributed by atoms with Crippen molar-refractivity contribution >= 4 is 23.4 Å². The SMILES string of the molecule is N#Cc1ccnc(Nc2cc(C3CC3)cc(-c3ccc(N4CCN(CC(N)=O)CC4)nc3)n2)c1. The minimum atomic E-state index is -0.292. The average molecular weight is 455 g/mol. The summed E-state index contributed by atoms with van der Waals surface area (Å²) in [6.07, 6.45) is 5.85. The second kappa shape index (κ2) is 9.45. The molecule has 0 bridgehead atoms. The molecule has 3 aromatic rings. The van der Waals surface area contributed by atoms with E-state index in [1.165, 1.54) is 18.4 Å². The summed E-state index contributed by atoms with van der Waals surface area (Å²) in [7, 11) is 0. The Morgan fingerprint density at radius 2 is 1.91 bits per heavy atom. The first-order valence-corrected chi connectivity index (χ1v) is 11.4. The summed E-state index contributed by atoms with van der Waals surface area (Å²) in [6, 6.07) is 13.8. The van der Waals surface area contributed by atoms with Gasteiger partial charge in [0.15, 0.2) is 0 Å². The molecule has 0 aromatic carbocycles. The number of carbonyl (C=O) groups excluding carboxylic acids is 1. The number of nitrogens with two attached hydrogens (primary N) is 1. The van der Waals surface area contributed by atoms with E-state index in [2.05, 4.69) is 44.4 Å². The molecule has 3 N–H and O–H groups in total. The number of anilines is 3. The molecule has 1 amide bonds. The van der Waals surface area contributed by atoms with E-state index in [1.807, 2.05) is 12.3 Å². The number of rotatable bonds is 7. The number of nitriles is 1. The molecular weight excluding hydrogens is 428 g/mol. The molecule has 9 heteroatoms. The van der Waals surface area contributed by atoms with Crippen LogP contribution in [0.25, 0.3) is 11.3 Å². The maximum atomic E-state index is 11.1. The molecule has 2 fully saturated rings. The van der Waals surface area contributed by atoms with E-state index in [0.717, 1.165) is 43.3 Å². The topological polar surface area (TPSA) is 124 Å². The second-order valence-electron chi connectivity index (χ2n) is 8.75. The van der Waals surface area contributed by atoms with Gasteiger partial charge in [-0.3, -0.25) is 9.69 Å². The monoisotopic (exact) mass is 454 g/mol. The molecule has 9 nitrogen and oxygen atoms in total. The Bertz CT molecular complexity index is 1220. The molecule has 0 spiro atoms. The van der Waals surface area contributed by atoms with Crippen molar-refractivity contribution in [3.63, 3.8) is 0 Å². The number of nitrogens with zero attached hydrogens (tertiary/aromatic N) is 6. The molecule has 5 rings (SSSR count). The third kappa shape index (κ3) is 5.13. The van der Waals surface area contributed by atoms with Gasteiger partial charge in [-0.1, -0.05) is 0 Å². The average Bonchev–Trinajstić information content (AvgIpc) is 3.70. The molecule has 0 atom stereocenters. The Balaban J connectivity index is 1.34. The lowest BCUT2D eigenvalue weighted by atomic mass is 10.1. The molecule has 4 heterocycles. The number of primary amides is 1. The Hall–Kier alpha value is -4.03. The molecule has 34 heavy (non-hydrogen) atoms. The van der Waals surface area contributed by atoms with Gasteiger partial charge in [-0.2, -0.15) is 5.26 Å². The van der Waals surface area contributed by atoms with Crippen molar-refractivity contribution in [1.29, 1.82) is 5.26 Å². The predicted molar refractivity (Wildman–Crippen MR) is 130 cm³/mol. The van der Waals surface area contributed by atoms with Crippen molar-refractivity contribution in [2.45, 2.75) is 18.8 Å². The third-order valence-electron chi connectivity index (χ3n) is 6.16. The molecule has 0 radical (unpaired) electrons. The molecular formula is C25H26N8O. The summed E-state index contributed by atoms with van der Waals surface area (Å²) < 4.78 is 0. The van der Waals surface area contributed by atoms with Gasteiger partial charge in [0.05, 0.1) is 23.9 Å². The quantitative estimate of drug-likeness (QED) is 0.558. The maximum absolute atomic E-state index is 11.1. The number of carbonyl (C=O) groups is 1. The summed E-state index contributed by atoms with van der Waals surface area (Å²) in [5.41, 5.74) is 8.90. The van der Waals surface area contributed by atoms with Crippen molar-refractivity contribution in [3.05, 3.63) is 59.9 Å². The van der Waals surface area contributed by atoms with Crippen LogP contribution < -0.4 is 16.0 Å². The van der Waals surface area contributed by atoms with Crippen LogP contribution in [0.3, 0.4) is 0 Å². The third-order valence-corrected chi connectivity index (χ3v) is 6.16. The Morgan fingerprint density at radius 3 is 2.59 bits per heavy atom. The van der Waals surface area contributed by atoms with Crippen molar-refractivity contribution in [2.75, 3.05) is 42.9 Å². The first-order valence-electron chi connectivity index (χ1n) is 11.4. The lowest BCUT2D eigenvalue weighted by Gasteiger charge is -2.34. The van der Waals surface area contributed by atoms with E-state index in [9.17, 15) is 4.79 Å². The van der Waals surface area contributed by atoms with Crippen LogP contribution >= 0.6 is 0 Å². The first kappa shape index (κ1) is 21.8. The number of aromatic nitrogens is 3. The fourth-order valence-corrected chi connectivity index (χ4v) is 4.20. The van der Waals surface area contributed by atoms with E-state index in [0.29, 0.717) is 29.7 Å². The van der Waals surface area contributed by atoms with Crippen LogP contribution in [-0.2, 0) is 4.79 Å². The highest BCUT2D eigenvalue weighted by molar-refractivity contribution is 5.76. The number of nitrogens with one attached hydrogen (secondary N) is 1. The van der Waals surface area contributed by atoms with Gasteiger partial charge < -0.3 is 16.0 Å². The van der Waals surface area contributed by atoms with Gasteiger partial charge in [-0.05, 0) is 60.7 Å². The zero-order valence-corrected chi connectivity index (χ0v) is 18.8. The Morgan fingerprint density at radius 1 is 1.09 bits per heavy atom. The molecule has 3 aromatic heterocycles. The lowest BCUT2D eigenvalue weighted by molar-refractivity contribution is -0.119. The van der Waals surface area contributed by atoms with E-state index >= 15 is 0 Å².